The largest absolute Gasteiger partial charge is 0.497 e. The molecule has 0 aromatic heterocycles. The third kappa shape index (κ3) is 7.09. The van der Waals surface area contributed by atoms with Crippen LogP contribution in [0.1, 0.15) is 43.7 Å². The number of hydrogen-bond donors (Lipinski definition) is 1. The van der Waals surface area contributed by atoms with Gasteiger partial charge in [0.05, 0.1) is 12.4 Å². The molecule has 2 aromatic carbocycles. The average molecular weight is 413 g/mol. The van der Waals surface area contributed by atoms with E-state index in [4.69, 9.17) is 4.74 Å². The Bertz CT molecular complexity index is 771. The second-order valence-electron chi connectivity index (χ2n) is 7.66. The molecule has 4 nitrogen and oxygen atoms in total. The monoisotopic (exact) mass is 412 g/mol. The van der Waals surface area contributed by atoms with Crippen molar-refractivity contribution >= 4 is 17.7 Å². The molecule has 2 aromatic rings. The number of rotatable bonds is 8. The van der Waals surface area contributed by atoms with Gasteiger partial charge in [0.2, 0.25) is 5.91 Å². The zero-order chi connectivity index (χ0) is 20.5. The molecule has 1 heterocycles. The summed E-state index contributed by atoms with van der Waals surface area (Å²) < 4.78 is 5.18. The standard InChI is InChI=1S/C24H32N2O2S/c1-19(29-23-12-10-22(28-2)11-13-23)24(27)25-17-20-8-7-9-21(16-20)18-26-14-5-3-4-6-15-26/h7-13,16,19H,3-6,14-15,17-18H2,1-2H3,(H,25,27). The lowest BCUT2D eigenvalue weighted by molar-refractivity contribution is -0.120. The molecule has 1 aliphatic rings. The summed E-state index contributed by atoms with van der Waals surface area (Å²) in [6, 6.07) is 16.4. The van der Waals surface area contributed by atoms with Gasteiger partial charge in [-0.25, -0.2) is 0 Å². The van der Waals surface area contributed by atoms with Crippen LogP contribution in [0.2, 0.25) is 0 Å². The Hall–Kier alpha value is -1.98. The molecule has 156 valence electrons. The highest BCUT2D eigenvalue weighted by Gasteiger charge is 2.14. The van der Waals surface area contributed by atoms with Crippen molar-refractivity contribution < 1.29 is 9.53 Å². The Morgan fingerprint density at radius 1 is 1.07 bits per heavy atom. The predicted octanol–water partition coefficient (Wildman–Crippen LogP) is 4.87. The minimum Gasteiger partial charge on any atom is -0.497 e. The van der Waals surface area contributed by atoms with Crippen LogP contribution in [0, 0.1) is 0 Å². The zero-order valence-corrected chi connectivity index (χ0v) is 18.3. The maximum atomic E-state index is 12.5. The van der Waals surface area contributed by atoms with Crippen LogP contribution in [0.25, 0.3) is 0 Å². The van der Waals surface area contributed by atoms with E-state index in [0.29, 0.717) is 6.54 Å². The molecule has 5 heteroatoms. The zero-order valence-electron chi connectivity index (χ0n) is 17.5. The summed E-state index contributed by atoms with van der Waals surface area (Å²) in [5.74, 6) is 0.884. The van der Waals surface area contributed by atoms with Gasteiger partial charge in [-0.1, -0.05) is 37.1 Å². The first kappa shape index (κ1) is 21.7. The number of likely N-dealkylation sites (tertiary alicyclic amines) is 1. The Balaban J connectivity index is 1.48. The number of nitrogens with zero attached hydrogens (tertiary/aromatic N) is 1. The second kappa shape index (κ2) is 11.3. The van der Waals surface area contributed by atoms with Crippen LogP contribution >= 0.6 is 11.8 Å². The van der Waals surface area contributed by atoms with Crippen LogP contribution in [0.5, 0.6) is 5.75 Å². The van der Waals surface area contributed by atoms with Crippen molar-refractivity contribution in [1.29, 1.82) is 0 Å². The highest BCUT2D eigenvalue weighted by Crippen LogP contribution is 2.25. The summed E-state index contributed by atoms with van der Waals surface area (Å²) >= 11 is 1.56. The minimum atomic E-state index is -0.149. The third-order valence-electron chi connectivity index (χ3n) is 5.30. The van der Waals surface area contributed by atoms with E-state index >= 15 is 0 Å². The smallest absolute Gasteiger partial charge is 0.233 e. The van der Waals surface area contributed by atoms with Gasteiger partial charge in [-0.05, 0) is 68.2 Å². The van der Waals surface area contributed by atoms with E-state index in [1.54, 1.807) is 18.9 Å². The summed E-state index contributed by atoms with van der Waals surface area (Å²) in [5, 5.41) is 2.93. The molecular weight excluding hydrogens is 380 g/mol. The topological polar surface area (TPSA) is 41.6 Å². The van der Waals surface area contributed by atoms with E-state index in [2.05, 4.69) is 34.5 Å². The van der Waals surface area contributed by atoms with E-state index in [1.807, 2.05) is 31.2 Å². The summed E-state index contributed by atoms with van der Waals surface area (Å²) in [4.78, 5) is 16.1. The normalized spacial score (nSPS) is 16.1. The molecule has 0 saturated carbocycles. The van der Waals surface area contributed by atoms with Gasteiger partial charge in [0.1, 0.15) is 5.75 Å². The van der Waals surface area contributed by atoms with Crippen LogP contribution < -0.4 is 10.1 Å². The Morgan fingerprint density at radius 2 is 1.76 bits per heavy atom. The van der Waals surface area contributed by atoms with E-state index in [-0.39, 0.29) is 11.2 Å². The lowest BCUT2D eigenvalue weighted by Crippen LogP contribution is -2.30. The van der Waals surface area contributed by atoms with E-state index in [9.17, 15) is 4.79 Å². The van der Waals surface area contributed by atoms with Gasteiger partial charge in [-0.3, -0.25) is 9.69 Å². The number of carbonyl (C=O) groups excluding carboxylic acids is 1. The first-order valence-electron chi connectivity index (χ1n) is 10.5. The maximum absolute atomic E-state index is 12.5. The van der Waals surface area contributed by atoms with Crippen LogP contribution in [0.4, 0.5) is 0 Å². The van der Waals surface area contributed by atoms with Crippen molar-refractivity contribution in [3.05, 3.63) is 59.7 Å². The molecule has 1 unspecified atom stereocenters. The van der Waals surface area contributed by atoms with Crippen molar-refractivity contribution in [3.8, 4) is 5.75 Å². The summed E-state index contributed by atoms with van der Waals surface area (Å²) in [6.07, 6.45) is 5.32. The fourth-order valence-electron chi connectivity index (χ4n) is 3.64. The average Bonchev–Trinajstić information content (AvgIpc) is 3.01. The molecule has 1 atom stereocenters. The molecule has 29 heavy (non-hydrogen) atoms. The van der Waals surface area contributed by atoms with E-state index < -0.39 is 0 Å². The van der Waals surface area contributed by atoms with Crippen LogP contribution in [-0.4, -0.2) is 36.3 Å². The Labute approximate surface area is 179 Å². The number of carbonyl (C=O) groups is 1. The summed E-state index contributed by atoms with van der Waals surface area (Å²) in [7, 11) is 1.65. The number of methoxy groups -OCH3 is 1. The van der Waals surface area contributed by atoms with Gasteiger partial charge in [-0.15, -0.1) is 11.8 Å². The fraction of sp³-hybridized carbons (Fsp3) is 0.458. The van der Waals surface area contributed by atoms with Gasteiger partial charge in [0.15, 0.2) is 0 Å². The Kier molecular flexibility index (Phi) is 8.44. The quantitative estimate of drug-likeness (QED) is 0.628. The van der Waals surface area contributed by atoms with Crippen LogP contribution in [0.3, 0.4) is 0 Å². The van der Waals surface area contributed by atoms with Crippen molar-refractivity contribution in [1.82, 2.24) is 10.2 Å². The lowest BCUT2D eigenvalue weighted by atomic mass is 10.1. The predicted molar refractivity (Wildman–Crippen MR) is 120 cm³/mol. The molecule has 1 aliphatic heterocycles. The third-order valence-corrected chi connectivity index (χ3v) is 6.42. The second-order valence-corrected chi connectivity index (χ2v) is 9.08. The summed E-state index contributed by atoms with van der Waals surface area (Å²) in [6.45, 7) is 5.91. The van der Waals surface area contributed by atoms with Gasteiger partial charge >= 0.3 is 0 Å². The van der Waals surface area contributed by atoms with Gasteiger partial charge in [0, 0.05) is 18.0 Å². The molecule has 0 aliphatic carbocycles. The first-order valence-corrected chi connectivity index (χ1v) is 11.4. The fourth-order valence-corrected chi connectivity index (χ4v) is 4.53. The number of thioether (sulfide) groups is 1. The van der Waals surface area contributed by atoms with Crippen molar-refractivity contribution in [3.63, 3.8) is 0 Å². The molecule has 3 rings (SSSR count). The minimum absolute atomic E-state index is 0.0590. The van der Waals surface area contributed by atoms with Gasteiger partial charge in [-0.2, -0.15) is 0 Å². The van der Waals surface area contributed by atoms with Crippen molar-refractivity contribution in [2.24, 2.45) is 0 Å². The van der Waals surface area contributed by atoms with E-state index in [1.165, 1.54) is 44.3 Å². The van der Waals surface area contributed by atoms with Crippen LogP contribution in [-0.2, 0) is 17.9 Å². The maximum Gasteiger partial charge on any atom is 0.233 e. The first-order chi connectivity index (χ1) is 14.1. The molecule has 0 bridgehead atoms. The lowest BCUT2D eigenvalue weighted by Gasteiger charge is -2.20. The molecule has 1 amide bonds. The SMILES string of the molecule is COc1ccc(SC(C)C(=O)NCc2cccc(CN3CCCCCC3)c2)cc1. The number of amides is 1. The van der Waals surface area contributed by atoms with Gasteiger partial charge < -0.3 is 10.1 Å². The van der Waals surface area contributed by atoms with Crippen molar-refractivity contribution in [2.45, 2.75) is 55.8 Å². The molecular formula is C24H32N2O2S. The number of nitrogens with one attached hydrogen (secondary N) is 1. The molecule has 0 spiro atoms. The number of ether oxygens (including phenoxy) is 1. The summed E-state index contributed by atoms with van der Waals surface area (Å²) in [5.41, 5.74) is 2.49. The Morgan fingerprint density at radius 3 is 2.45 bits per heavy atom. The molecule has 1 N–H and O–H groups in total. The number of hydrogen-bond acceptors (Lipinski definition) is 4. The number of benzene rings is 2. The highest BCUT2D eigenvalue weighted by molar-refractivity contribution is 8.00. The van der Waals surface area contributed by atoms with Gasteiger partial charge in [0.25, 0.3) is 0 Å². The molecule has 1 saturated heterocycles. The van der Waals surface area contributed by atoms with E-state index in [0.717, 1.165) is 22.8 Å². The molecule has 0 radical (unpaired) electrons. The van der Waals surface area contributed by atoms with Crippen LogP contribution in [0.15, 0.2) is 53.4 Å². The highest BCUT2D eigenvalue weighted by atomic mass is 32.2. The molecule has 1 fully saturated rings. The van der Waals surface area contributed by atoms with Crippen molar-refractivity contribution in [2.75, 3.05) is 20.2 Å².